The Hall–Kier alpha value is -2.42. The van der Waals surface area contributed by atoms with Gasteiger partial charge in [-0.15, -0.1) is 0 Å². The van der Waals surface area contributed by atoms with E-state index < -0.39 is 5.41 Å². The third-order valence-electron chi connectivity index (χ3n) is 4.14. The SMILES string of the molecule is COc1ccc2cc(C3=CC(=O)CC(C)(C)C3=O)ccc2c1. The number of fused-ring (bicyclic) bond motifs is 1. The number of benzene rings is 2. The van der Waals surface area contributed by atoms with Crippen molar-refractivity contribution in [2.45, 2.75) is 20.3 Å². The van der Waals surface area contributed by atoms with Gasteiger partial charge < -0.3 is 4.74 Å². The Balaban J connectivity index is 2.10. The van der Waals surface area contributed by atoms with Gasteiger partial charge in [0, 0.05) is 17.4 Å². The first kappa shape index (κ1) is 14.5. The molecule has 1 aliphatic rings. The maximum absolute atomic E-state index is 12.6. The van der Waals surface area contributed by atoms with Gasteiger partial charge in [-0.05, 0) is 40.6 Å². The van der Waals surface area contributed by atoms with Crippen molar-refractivity contribution in [3.8, 4) is 5.75 Å². The molecule has 1 aliphatic carbocycles. The highest BCUT2D eigenvalue weighted by Crippen LogP contribution is 2.35. The van der Waals surface area contributed by atoms with Gasteiger partial charge in [-0.25, -0.2) is 0 Å². The Kier molecular flexibility index (Phi) is 3.36. The van der Waals surface area contributed by atoms with Crippen LogP contribution in [0, 0.1) is 5.41 Å². The largest absolute Gasteiger partial charge is 0.497 e. The van der Waals surface area contributed by atoms with Crippen molar-refractivity contribution in [2.24, 2.45) is 5.41 Å². The van der Waals surface area contributed by atoms with E-state index >= 15 is 0 Å². The third kappa shape index (κ3) is 2.43. The number of hydrogen-bond donors (Lipinski definition) is 0. The number of ketones is 2. The Morgan fingerprint density at radius 2 is 1.68 bits per heavy atom. The van der Waals surface area contributed by atoms with Gasteiger partial charge in [-0.2, -0.15) is 0 Å². The Morgan fingerprint density at radius 1 is 1.00 bits per heavy atom. The van der Waals surface area contributed by atoms with E-state index in [0.29, 0.717) is 5.57 Å². The average molecular weight is 294 g/mol. The summed E-state index contributed by atoms with van der Waals surface area (Å²) in [5.74, 6) is 0.832. The van der Waals surface area contributed by atoms with Crippen LogP contribution < -0.4 is 4.74 Å². The van der Waals surface area contributed by atoms with Gasteiger partial charge >= 0.3 is 0 Å². The van der Waals surface area contributed by atoms with Crippen LogP contribution in [0.15, 0.2) is 42.5 Å². The topological polar surface area (TPSA) is 43.4 Å². The van der Waals surface area contributed by atoms with Crippen LogP contribution in [0.5, 0.6) is 5.75 Å². The van der Waals surface area contributed by atoms with E-state index in [-0.39, 0.29) is 18.0 Å². The number of methoxy groups -OCH3 is 1. The molecule has 3 nitrogen and oxygen atoms in total. The lowest BCUT2D eigenvalue weighted by Crippen LogP contribution is -2.31. The van der Waals surface area contributed by atoms with Crippen LogP contribution in [0.25, 0.3) is 16.3 Å². The van der Waals surface area contributed by atoms with E-state index in [1.54, 1.807) is 7.11 Å². The zero-order valence-corrected chi connectivity index (χ0v) is 13.0. The van der Waals surface area contributed by atoms with Crippen LogP contribution in [0.2, 0.25) is 0 Å². The van der Waals surface area contributed by atoms with Gasteiger partial charge in [0.25, 0.3) is 0 Å². The van der Waals surface area contributed by atoms with Gasteiger partial charge in [-0.3, -0.25) is 9.59 Å². The first-order valence-electron chi connectivity index (χ1n) is 7.28. The number of Topliss-reactive ketones (excluding diaryl/α,β-unsaturated/α-hetero) is 1. The monoisotopic (exact) mass is 294 g/mol. The number of allylic oxidation sites excluding steroid dienone is 2. The van der Waals surface area contributed by atoms with Crippen LogP contribution in [0.1, 0.15) is 25.8 Å². The van der Waals surface area contributed by atoms with E-state index in [9.17, 15) is 9.59 Å². The lowest BCUT2D eigenvalue weighted by molar-refractivity contribution is -0.127. The quantitative estimate of drug-likeness (QED) is 0.846. The molecule has 0 amide bonds. The molecule has 0 saturated heterocycles. The fourth-order valence-corrected chi connectivity index (χ4v) is 2.89. The molecule has 22 heavy (non-hydrogen) atoms. The molecule has 112 valence electrons. The molecule has 0 unspecified atom stereocenters. The zero-order chi connectivity index (χ0) is 15.9. The molecule has 0 fully saturated rings. The van der Waals surface area contributed by atoms with Gasteiger partial charge in [0.2, 0.25) is 0 Å². The summed E-state index contributed by atoms with van der Waals surface area (Å²) >= 11 is 0. The van der Waals surface area contributed by atoms with Crippen molar-refractivity contribution >= 4 is 27.9 Å². The van der Waals surface area contributed by atoms with Crippen molar-refractivity contribution in [1.29, 1.82) is 0 Å². The van der Waals surface area contributed by atoms with E-state index in [2.05, 4.69) is 0 Å². The number of ether oxygens (including phenoxy) is 1. The molecule has 0 aliphatic heterocycles. The maximum Gasteiger partial charge on any atom is 0.169 e. The summed E-state index contributed by atoms with van der Waals surface area (Å²) in [5.41, 5.74) is 0.679. The summed E-state index contributed by atoms with van der Waals surface area (Å²) in [7, 11) is 1.63. The Labute approximate surface area is 129 Å². The van der Waals surface area contributed by atoms with E-state index in [1.807, 2.05) is 50.2 Å². The molecule has 2 aromatic rings. The average Bonchev–Trinajstić information content (AvgIpc) is 2.49. The molecule has 0 radical (unpaired) electrons. The molecule has 2 aromatic carbocycles. The van der Waals surface area contributed by atoms with Crippen molar-refractivity contribution in [2.75, 3.05) is 7.11 Å². The first-order chi connectivity index (χ1) is 10.4. The molecule has 0 bridgehead atoms. The molecule has 0 spiro atoms. The summed E-state index contributed by atoms with van der Waals surface area (Å²) < 4.78 is 5.22. The molecular weight excluding hydrogens is 276 g/mol. The fourth-order valence-electron chi connectivity index (χ4n) is 2.89. The molecule has 3 heteroatoms. The van der Waals surface area contributed by atoms with Crippen molar-refractivity contribution in [3.05, 3.63) is 48.0 Å². The fraction of sp³-hybridized carbons (Fsp3) is 0.263. The summed E-state index contributed by atoms with van der Waals surface area (Å²) in [4.78, 5) is 24.5. The molecular formula is C19H18O3. The van der Waals surface area contributed by atoms with Crippen molar-refractivity contribution in [1.82, 2.24) is 0 Å². The zero-order valence-electron chi connectivity index (χ0n) is 13.0. The maximum atomic E-state index is 12.6. The summed E-state index contributed by atoms with van der Waals surface area (Å²) in [6.07, 6.45) is 1.76. The standard InChI is InChI=1S/C19H18O3/c1-19(2)11-15(20)10-17(18(19)21)14-5-4-13-9-16(22-3)7-6-12(13)8-14/h4-10H,11H2,1-3H3. The Morgan fingerprint density at radius 3 is 2.41 bits per heavy atom. The van der Waals surface area contributed by atoms with Gasteiger partial charge in [0.15, 0.2) is 11.6 Å². The van der Waals surface area contributed by atoms with Crippen LogP contribution in [-0.2, 0) is 9.59 Å². The Bertz CT molecular complexity index is 813. The van der Waals surface area contributed by atoms with E-state index in [4.69, 9.17) is 4.74 Å². The minimum absolute atomic E-state index is 0.00873. The van der Waals surface area contributed by atoms with Gasteiger partial charge in [0.1, 0.15) is 5.75 Å². The molecule has 0 aromatic heterocycles. The third-order valence-corrected chi connectivity index (χ3v) is 4.14. The highest BCUT2D eigenvalue weighted by Gasteiger charge is 2.36. The van der Waals surface area contributed by atoms with Crippen LogP contribution in [-0.4, -0.2) is 18.7 Å². The second-order valence-electron chi connectivity index (χ2n) is 6.34. The molecule has 0 atom stereocenters. The lowest BCUT2D eigenvalue weighted by Gasteiger charge is -2.27. The molecule has 0 saturated carbocycles. The number of carbonyl (C=O) groups excluding carboxylic acids is 2. The number of hydrogen-bond acceptors (Lipinski definition) is 3. The molecule has 0 heterocycles. The summed E-state index contributed by atoms with van der Waals surface area (Å²) in [6.45, 7) is 3.65. The molecule has 3 rings (SSSR count). The van der Waals surface area contributed by atoms with Gasteiger partial charge in [-0.1, -0.05) is 32.0 Å². The molecule has 0 N–H and O–H groups in total. The van der Waals surface area contributed by atoms with E-state index in [1.165, 1.54) is 6.08 Å². The van der Waals surface area contributed by atoms with Crippen LogP contribution in [0.4, 0.5) is 0 Å². The number of carbonyl (C=O) groups is 2. The van der Waals surface area contributed by atoms with Crippen LogP contribution in [0.3, 0.4) is 0 Å². The second-order valence-corrected chi connectivity index (χ2v) is 6.34. The minimum Gasteiger partial charge on any atom is -0.497 e. The first-order valence-corrected chi connectivity index (χ1v) is 7.28. The second kappa shape index (κ2) is 5.09. The predicted octanol–water partition coefficient (Wildman–Crippen LogP) is 3.80. The highest BCUT2D eigenvalue weighted by molar-refractivity contribution is 6.30. The highest BCUT2D eigenvalue weighted by atomic mass is 16.5. The number of rotatable bonds is 2. The normalized spacial score (nSPS) is 17.5. The van der Waals surface area contributed by atoms with Crippen LogP contribution >= 0.6 is 0 Å². The lowest BCUT2D eigenvalue weighted by atomic mass is 9.74. The summed E-state index contributed by atoms with van der Waals surface area (Å²) in [6, 6.07) is 11.6. The van der Waals surface area contributed by atoms with Crippen molar-refractivity contribution < 1.29 is 14.3 Å². The van der Waals surface area contributed by atoms with E-state index in [0.717, 1.165) is 22.1 Å². The minimum atomic E-state index is -0.629. The van der Waals surface area contributed by atoms with Gasteiger partial charge in [0.05, 0.1) is 7.11 Å². The predicted molar refractivity (Wildman–Crippen MR) is 86.9 cm³/mol. The summed E-state index contributed by atoms with van der Waals surface area (Å²) in [5, 5.41) is 2.06. The van der Waals surface area contributed by atoms with Crippen molar-refractivity contribution in [3.63, 3.8) is 0 Å². The smallest absolute Gasteiger partial charge is 0.169 e.